The fourth-order valence-corrected chi connectivity index (χ4v) is 2.16. The minimum absolute atomic E-state index is 0.186. The summed E-state index contributed by atoms with van der Waals surface area (Å²) in [6, 6.07) is 15.6. The summed E-state index contributed by atoms with van der Waals surface area (Å²) < 4.78 is 0. The number of hydrogen-bond acceptors (Lipinski definition) is 3. The Hall–Kier alpha value is -2.75. The quantitative estimate of drug-likeness (QED) is 0.801. The number of aryl methyl sites for hydroxylation is 1. The van der Waals surface area contributed by atoms with Gasteiger partial charge in [0.1, 0.15) is 12.0 Å². The van der Waals surface area contributed by atoms with E-state index in [1.54, 1.807) is 0 Å². The molecule has 0 aliphatic carbocycles. The standard InChI is InChI=1S/C17H15N3O/c1-12-6-8-13(9-7-12)10-18-17(21)16-14-4-2-3-5-15(14)19-11-20-16/h2-9,11H,10H2,1H3,(H,18,21). The molecule has 0 atom stereocenters. The maximum absolute atomic E-state index is 12.3. The second-order valence-electron chi connectivity index (χ2n) is 4.91. The molecule has 104 valence electrons. The normalized spacial score (nSPS) is 10.5. The van der Waals surface area contributed by atoms with E-state index in [-0.39, 0.29) is 5.91 Å². The highest BCUT2D eigenvalue weighted by molar-refractivity contribution is 6.04. The summed E-state index contributed by atoms with van der Waals surface area (Å²) in [7, 11) is 0. The lowest BCUT2D eigenvalue weighted by molar-refractivity contribution is 0.0947. The molecule has 1 N–H and O–H groups in total. The number of para-hydroxylation sites is 1. The second kappa shape index (κ2) is 5.71. The lowest BCUT2D eigenvalue weighted by Gasteiger charge is -2.07. The van der Waals surface area contributed by atoms with Crippen LogP contribution in [0.15, 0.2) is 54.9 Å². The van der Waals surface area contributed by atoms with Crippen molar-refractivity contribution in [2.45, 2.75) is 13.5 Å². The van der Waals surface area contributed by atoms with Gasteiger partial charge in [-0.3, -0.25) is 4.79 Å². The number of amides is 1. The average molecular weight is 277 g/mol. The monoisotopic (exact) mass is 277 g/mol. The molecule has 4 nitrogen and oxygen atoms in total. The zero-order valence-corrected chi connectivity index (χ0v) is 11.7. The summed E-state index contributed by atoms with van der Waals surface area (Å²) >= 11 is 0. The predicted molar refractivity (Wildman–Crippen MR) is 81.9 cm³/mol. The van der Waals surface area contributed by atoms with Crippen LogP contribution in [0.5, 0.6) is 0 Å². The molecule has 0 saturated heterocycles. The van der Waals surface area contributed by atoms with Gasteiger partial charge < -0.3 is 5.32 Å². The Balaban J connectivity index is 1.79. The van der Waals surface area contributed by atoms with Gasteiger partial charge in [-0.15, -0.1) is 0 Å². The van der Waals surface area contributed by atoms with Crippen LogP contribution >= 0.6 is 0 Å². The Labute approximate surface area is 122 Å². The predicted octanol–water partition coefficient (Wildman–Crippen LogP) is 2.87. The molecule has 1 amide bonds. The molecule has 3 rings (SSSR count). The number of nitrogens with zero attached hydrogens (tertiary/aromatic N) is 2. The van der Waals surface area contributed by atoms with Crippen molar-refractivity contribution in [3.63, 3.8) is 0 Å². The molecule has 4 heteroatoms. The van der Waals surface area contributed by atoms with Crippen LogP contribution in [0.1, 0.15) is 21.6 Å². The largest absolute Gasteiger partial charge is 0.347 e. The highest BCUT2D eigenvalue weighted by Gasteiger charge is 2.11. The minimum Gasteiger partial charge on any atom is -0.347 e. The van der Waals surface area contributed by atoms with E-state index in [9.17, 15) is 4.79 Å². The zero-order chi connectivity index (χ0) is 14.7. The summed E-state index contributed by atoms with van der Waals surface area (Å²) in [5, 5.41) is 3.66. The third-order valence-corrected chi connectivity index (χ3v) is 3.33. The Kier molecular flexibility index (Phi) is 3.60. The van der Waals surface area contributed by atoms with Crippen molar-refractivity contribution in [1.29, 1.82) is 0 Å². The molecule has 0 aliphatic rings. The molecule has 0 unspecified atom stereocenters. The van der Waals surface area contributed by atoms with E-state index in [0.717, 1.165) is 16.5 Å². The van der Waals surface area contributed by atoms with Crippen molar-refractivity contribution in [3.05, 3.63) is 71.7 Å². The van der Waals surface area contributed by atoms with Gasteiger partial charge in [-0.05, 0) is 18.6 Å². The molecular formula is C17H15N3O. The number of carbonyl (C=O) groups excluding carboxylic acids is 1. The van der Waals surface area contributed by atoms with Crippen molar-refractivity contribution in [1.82, 2.24) is 15.3 Å². The van der Waals surface area contributed by atoms with Crippen LogP contribution in [0.3, 0.4) is 0 Å². The van der Waals surface area contributed by atoms with Gasteiger partial charge in [0.25, 0.3) is 5.91 Å². The van der Waals surface area contributed by atoms with Crippen LogP contribution in [0.2, 0.25) is 0 Å². The molecule has 0 spiro atoms. The Morgan fingerprint density at radius 2 is 1.81 bits per heavy atom. The summed E-state index contributed by atoms with van der Waals surface area (Å²) in [6.07, 6.45) is 1.42. The Morgan fingerprint density at radius 1 is 1.05 bits per heavy atom. The van der Waals surface area contributed by atoms with Gasteiger partial charge in [0.2, 0.25) is 0 Å². The second-order valence-corrected chi connectivity index (χ2v) is 4.91. The first-order chi connectivity index (χ1) is 10.2. The molecule has 0 radical (unpaired) electrons. The van der Waals surface area contributed by atoms with E-state index in [4.69, 9.17) is 0 Å². The van der Waals surface area contributed by atoms with Crippen LogP contribution in [-0.2, 0) is 6.54 Å². The van der Waals surface area contributed by atoms with E-state index in [2.05, 4.69) is 15.3 Å². The zero-order valence-electron chi connectivity index (χ0n) is 11.7. The van der Waals surface area contributed by atoms with Gasteiger partial charge in [0.05, 0.1) is 5.52 Å². The summed E-state index contributed by atoms with van der Waals surface area (Å²) in [6.45, 7) is 2.52. The van der Waals surface area contributed by atoms with E-state index < -0.39 is 0 Å². The highest BCUT2D eigenvalue weighted by atomic mass is 16.1. The number of carbonyl (C=O) groups is 1. The summed E-state index contributed by atoms with van der Waals surface area (Å²) in [5.41, 5.74) is 3.44. The minimum atomic E-state index is -0.186. The number of hydrogen-bond donors (Lipinski definition) is 1. The van der Waals surface area contributed by atoms with Gasteiger partial charge >= 0.3 is 0 Å². The van der Waals surface area contributed by atoms with Gasteiger partial charge in [-0.1, -0.05) is 48.0 Å². The highest BCUT2D eigenvalue weighted by Crippen LogP contribution is 2.14. The fourth-order valence-electron chi connectivity index (χ4n) is 2.16. The van der Waals surface area contributed by atoms with Crippen LogP contribution in [0.25, 0.3) is 10.9 Å². The molecule has 0 fully saturated rings. The lowest BCUT2D eigenvalue weighted by Crippen LogP contribution is -2.24. The van der Waals surface area contributed by atoms with Crippen molar-refractivity contribution in [2.75, 3.05) is 0 Å². The molecule has 0 saturated carbocycles. The van der Waals surface area contributed by atoms with E-state index in [0.29, 0.717) is 12.2 Å². The van der Waals surface area contributed by atoms with Crippen molar-refractivity contribution >= 4 is 16.8 Å². The summed E-state index contributed by atoms with van der Waals surface area (Å²) in [4.78, 5) is 20.6. The van der Waals surface area contributed by atoms with E-state index in [1.807, 2.05) is 55.5 Å². The van der Waals surface area contributed by atoms with Gasteiger partial charge in [0, 0.05) is 11.9 Å². The van der Waals surface area contributed by atoms with Crippen LogP contribution in [0, 0.1) is 6.92 Å². The Bertz CT molecular complexity index is 776. The first-order valence-corrected chi connectivity index (χ1v) is 6.77. The molecule has 1 heterocycles. The van der Waals surface area contributed by atoms with Gasteiger partial charge in [-0.25, -0.2) is 9.97 Å². The molecule has 1 aromatic heterocycles. The summed E-state index contributed by atoms with van der Waals surface area (Å²) in [5.74, 6) is -0.186. The Morgan fingerprint density at radius 3 is 2.62 bits per heavy atom. The maximum atomic E-state index is 12.3. The van der Waals surface area contributed by atoms with E-state index in [1.165, 1.54) is 11.9 Å². The molecule has 21 heavy (non-hydrogen) atoms. The fraction of sp³-hybridized carbons (Fsp3) is 0.118. The molecule has 3 aromatic rings. The third kappa shape index (κ3) is 2.89. The number of nitrogens with one attached hydrogen (secondary N) is 1. The number of aromatic nitrogens is 2. The van der Waals surface area contributed by atoms with Crippen molar-refractivity contribution < 1.29 is 4.79 Å². The smallest absolute Gasteiger partial charge is 0.270 e. The lowest BCUT2D eigenvalue weighted by atomic mass is 10.1. The SMILES string of the molecule is Cc1ccc(CNC(=O)c2ncnc3ccccc23)cc1. The van der Waals surface area contributed by atoms with Crippen LogP contribution < -0.4 is 5.32 Å². The topological polar surface area (TPSA) is 54.9 Å². The molecule has 2 aromatic carbocycles. The average Bonchev–Trinajstić information content (AvgIpc) is 2.53. The van der Waals surface area contributed by atoms with Crippen molar-refractivity contribution in [3.8, 4) is 0 Å². The molecule has 0 aliphatic heterocycles. The number of fused-ring (bicyclic) bond motifs is 1. The molecule has 0 bridgehead atoms. The maximum Gasteiger partial charge on any atom is 0.270 e. The van der Waals surface area contributed by atoms with Gasteiger partial charge in [0.15, 0.2) is 0 Å². The first-order valence-electron chi connectivity index (χ1n) is 6.77. The third-order valence-electron chi connectivity index (χ3n) is 3.33. The number of rotatable bonds is 3. The van der Waals surface area contributed by atoms with E-state index >= 15 is 0 Å². The van der Waals surface area contributed by atoms with Crippen LogP contribution in [0.4, 0.5) is 0 Å². The first kappa shape index (κ1) is 13.2. The van der Waals surface area contributed by atoms with Crippen molar-refractivity contribution in [2.24, 2.45) is 0 Å². The van der Waals surface area contributed by atoms with Gasteiger partial charge in [-0.2, -0.15) is 0 Å². The molecular weight excluding hydrogens is 262 g/mol. The number of benzene rings is 2. The van der Waals surface area contributed by atoms with Crippen LogP contribution in [-0.4, -0.2) is 15.9 Å².